The summed E-state index contributed by atoms with van der Waals surface area (Å²) in [7, 11) is 0. The Balaban J connectivity index is 2.14. The van der Waals surface area contributed by atoms with Gasteiger partial charge in [-0.2, -0.15) is 0 Å². The van der Waals surface area contributed by atoms with Gasteiger partial charge in [0.05, 0.1) is 5.56 Å². The third kappa shape index (κ3) is 4.56. The Labute approximate surface area is 132 Å². The lowest BCUT2D eigenvalue weighted by atomic mass is 10.1. The third-order valence-corrected chi connectivity index (χ3v) is 3.55. The van der Waals surface area contributed by atoms with Crippen molar-refractivity contribution in [2.75, 3.05) is 5.32 Å². The van der Waals surface area contributed by atoms with Crippen molar-refractivity contribution in [2.45, 2.75) is 26.3 Å². The molecule has 110 valence electrons. The van der Waals surface area contributed by atoms with Crippen LogP contribution in [0, 0.1) is 0 Å². The minimum Gasteiger partial charge on any atom is -0.478 e. The number of carbonyl (C=O) groups is 1. The quantitative estimate of drug-likeness (QED) is 0.824. The van der Waals surface area contributed by atoms with Crippen molar-refractivity contribution in [2.24, 2.45) is 0 Å². The summed E-state index contributed by atoms with van der Waals surface area (Å²) in [5.41, 5.74) is 2.18. The minimum absolute atomic E-state index is 0.270. The van der Waals surface area contributed by atoms with Gasteiger partial charge in [0.15, 0.2) is 0 Å². The fourth-order valence-corrected chi connectivity index (χ4v) is 2.25. The molecule has 0 radical (unpaired) electrons. The monoisotopic (exact) mass is 348 g/mol. The molecule has 0 spiro atoms. The fourth-order valence-electron chi connectivity index (χ4n) is 1.98. The van der Waals surface area contributed by atoms with Gasteiger partial charge >= 0.3 is 5.97 Å². The van der Waals surface area contributed by atoms with Crippen molar-refractivity contribution >= 4 is 27.7 Å². The Hall–Kier alpha value is -1.88. The van der Waals surface area contributed by atoms with Gasteiger partial charge in [-0.1, -0.05) is 41.4 Å². The second kappa shape index (κ2) is 7.22. The van der Waals surface area contributed by atoms with E-state index in [1.54, 1.807) is 12.1 Å². The smallest absolute Gasteiger partial charge is 0.335 e. The highest BCUT2D eigenvalue weighted by Crippen LogP contribution is 2.15. The second-order valence-electron chi connectivity index (χ2n) is 4.77. The molecule has 5 heteroatoms. The molecule has 2 rings (SSSR count). The lowest BCUT2D eigenvalue weighted by Gasteiger charge is -2.09. The Morgan fingerprint density at radius 1 is 1.29 bits per heavy atom. The van der Waals surface area contributed by atoms with Crippen molar-refractivity contribution in [1.29, 1.82) is 0 Å². The van der Waals surface area contributed by atoms with Gasteiger partial charge in [0.1, 0.15) is 5.82 Å². The first-order valence-electron chi connectivity index (χ1n) is 6.81. The maximum atomic E-state index is 11.2. The molecule has 2 N–H and O–H groups in total. The topological polar surface area (TPSA) is 62.2 Å². The highest BCUT2D eigenvalue weighted by molar-refractivity contribution is 9.10. The van der Waals surface area contributed by atoms with E-state index < -0.39 is 5.97 Å². The molecule has 0 saturated carbocycles. The molecular weight excluding hydrogens is 332 g/mol. The summed E-state index contributed by atoms with van der Waals surface area (Å²) < 4.78 is 1.03. The largest absolute Gasteiger partial charge is 0.478 e. The van der Waals surface area contributed by atoms with Crippen LogP contribution in [-0.4, -0.2) is 16.1 Å². The van der Waals surface area contributed by atoms with E-state index in [1.165, 1.54) is 0 Å². The summed E-state index contributed by atoms with van der Waals surface area (Å²) in [5, 5.41) is 12.3. The maximum absolute atomic E-state index is 11.2. The van der Waals surface area contributed by atoms with Crippen molar-refractivity contribution in [1.82, 2.24) is 4.98 Å². The summed E-state index contributed by atoms with van der Waals surface area (Å²) in [6.45, 7) is 2.65. The first-order chi connectivity index (χ1) is 10.1. The molecule has 1 aromatic heterocycles. The summed E-state index contributed by atoms with van der Waals surface area (Å²) in [4.78, 5) is 15.6. The van der Waals surface area contributed by atoms with Crippen LogP contribution in [0.5, 0.6) is 0 Å². The minimum atomic E-state index is -0.929. The third-order valence-electron chi connectivity index (χ3n) is 3.02. The van der Waals surface area contributed by atoms with E-state index >= 15 is 0 Å². The zero-order valence-corrected chi connectivity index (χ0v) is 13.4. The second-order valence-corrected chi connectivity index (χ2v) is 5.68. The predicted molar refractivity (Wildman–Crippen MR) is 86.7 cm³/mol. The molecule has 21 heavy (non-hydrogen) atoms. The molecule has 1 aromatic carbocycles. The number of hydrogen-bond donors (Lipinski definition) is 2. The van der Waals surface area contributed by atoms with Crippen LogP contribution >= 0.6 is 15.9 Å². The number of aromatic carboxylic acids is 1. The van der Waals surface area contributed by atoms with Gasteiger partial charge < -0.3 is 10.4 Å². The van der Waals surface area contributed by atoms with Gasteiger partial charge in [-0.15, -0.1) is 0 Å². The molecule has 0 aliphatic heterocycles. The van der Waals surface area contributed by atoms with Crippen LogP contribution in [0.2, 0.25) is 0 Å². The van der Waals surface area contributed by atoms with Gasteiger partial charge in [0, 0.05) is 16.7 Å². The zero-order chi connectivity index (χ0) is 15.2. The molecule has 2 aromatic rings. The van der Waals surface area contributed by atoms with Crippen LogP contribution in [-0.2, 0) is 13.0 Å². The number of carboxylic acids is 1. The molecule has 1 heterocycles. The molecule has 0 aliphatic carbocycles. The van der Waals surface area contributed by atoms with Crippen molar-refractivity contribution in [3.8, 4) is 0 Å². The van der Waals surface area contributed by atoms with Crippen LogP contribution in [0.3, 0.4) is 0 Å². The number of pyridine rings is 1. The molecule has 4 nitrogen and oxygen atoms in total. The number of rotatable bonds is 6. The number of carboxylic acid groups (broad SMARTS) is 1. The van der Waals surface area contributed by atoms with Gasteiger partial charge in [-0.3, -0.25) is 0 Å². The van der Waals surface area contributed by atoms with Crippen LogP contribution in [0.15, 0.2) is 40.9 Å². The van der Waals surface area contributed by atoms with Gasteiger partial charge in [0.25, 0.3) is 0 Å². The zero-order valence-electron chi connectivity index (χ0n) is 11.8. The Kier molecular flexibility index (Phi) is 5.33. The molecule has 0 atom stereocenters. The molecule has 0 aliphatic rings. The van der Waals surface area contributed by atoms with E-state index in [-0.39, 0.29) is 5.56 Å². The summed E-state index contributed by atoms with van der Waals surface area (Å²) in [5.74, 6) is -0.331. The van der Waals surface area contributed by atoms with Crippen molar-refractivity contribution < 1.29 is 9.90 Å². The first kappa shape index (κ1) is 15.5. The number of anilines is 1. The summed E-state index contributed by atoms with van der Waals surface area (Å²) in [6, 6.07) is 11.2. The molecule has 0 unspecified atom stereocenters. The Morgan fingerprint density at radius 3 is 2.62 bits per heavy atom. The number of benzene rings is 1. The van der Waals surface area contributed by atoms with Crippen molar-refractivity contribution in [3.63, 3.8) is 0 Å². The van der Waals surface area contributed by atoms with Crippen LogP contribution < -0.4 is 5.32 Å². The first-order valence-corrected chi connectivity index (χ1v) is 7.60. The predicted octanol–water partition coefficient (Wildman–Crippen LogP) is 4.11. The summed E-state index contributed by atoms with van der Waals surface area (Å²) in [6.07, 6.45) is 1.70. The normalized spacial score (nSPS) is 10.4. The van der Waals surface area contributed by atoms with Crippen LogP contribution in [0.4, 0.5) is 5.82 Å². The van der Waals surface area contributed by atoms with Gasteiger partial charge in [-0.25, -0.2) is 9.78 Å². The van der Waals surface area contributed by atoms with Crippen molar-refractivity contribution in [3.05, 3.63) is 57.7 Å². The lowest BCUT2D eigenvalue weighted by Crippen LogP contribution is -2.06. The number of aryl methyl sites for hydroxylation is 1. The van der Waals surface area contributed by atoms with E-state index in [9.17, 15) is 4.79 Å². The number of halogens is 1. The Morgan fingerprint density at radius 2 is 2.00 bits per heavy atom. The van der Waals surface area contributed by atoms with E-state index in [0.29, 0.717) is 12.4 Å². The molecule has 0 amide bonds. The van der Waals surface area contributed by atoms with Crippen LogP contribution in [0.1, 0.15) is 35.0 Å². The average molecular weight is 349 g/mol. The number of aromatic nitrogens is 1. The van der Waals surface area contributed by atoms with E-state index in [2.05, 4.69) is 26.2 Å². The fraction of sp³-hybridized carbons (Fsp3) is 0.250. The van der Waals surface area contributed by atoms with Crippen LogP contribution in [0.25, 0.3) is 0 Å². The highest BCUT2D eigenvalue weighted by Gasteiger charge is 2.08. The van der Waals surface area contributed by atoms with Gasteiger partial charge in [-0.05, 0) is 36.2 Å². The van der Waals surface area contributed by atoms with E-state index in [0.717, 1.165) is 28.6 Å². The standard InChI is InChI=1S/C16H17BrN2O2/c1-2-3-14-8-12(16(20)21)9-15(19-14)18-10-11-4-6-13(17)7-5-11/h4-9H,2-3,10H2,1H3,(H,18,19)(H,20,21). The Bertz CT molecular complexity index is 627. The molecular formula is C16H17BrN2O2. The number of hydrogen-bond acceptors (Lipinski definition) is 3. The SMILES string of the molecule is CCCc1cc(C(=O)O)cc(NCc2ccc(Br)cc2)n1. The van der Waals surface area contributed by atoms with E-state index in [1.807, 2.05) is 31.2 Å². The average Bonchev–Trinajstić information content (AvgIpc) is 2.47. The lowest BCUT2D eigenvalue weighted by molar-refractivity contribution is 0.0696. The van der Waals surface area contributed by atoms with Gasteiger partial charge in [0.2, 0.25) is 0 Å². The van der Waals surface area contributed by atoms with E-state index in [4.69, 9.17) is 5.11 Å². The maximum Gasteiger partial charge on any atom is 0.335 e. The highest BCUT2D eigenvalue weighted by atomic mass is 79.9. The molecule has 0 saturated heterocycles. The molecule has 0 bridgehead atoms. The molecule has 0 fully saturated rings. The number of nitrogens with zero attached hydrogens (tertiary/aromatic N) is 1. The summed E-state index contributed by atoms with van der Waals surface area (Å²) >= 11 is 3.40. The number of nitrogens with one attached hydrogen (secondary N) is 1.